The zero-order valence-corrected chi connectivity index (χ0v) is 13.1. The van der Waals surface area contributed by atoms with Crippen LogP contribution in [0.4, 0.5) is 10.5 Å². The van der Waals surface area contributed by atoms with Crippen molar-refractivity contribution in [1.82, 2.24) is 0 Å². The molecule has 0 radical (unpaired) electrons. The number of carbonyl (C=O) groups excluding carboxylic acids is 1. The van der Waals surface area contributed by atoms with Crippen molar-refractivity contribution in [2.24, 2.45) is 0 Å². The standard InChI is InChI=1S/C14H17BrN2O2/c1-5-17(13(18)19-14(2,3)4)11-7-6-10(9-16)12(15)8-11/h6-8H,5H2,1-4H3. The van der Waals surface area contributed by atoms with Gasteiger partial charge in [-0.25, -0.2) is 4.79 Å². The quantitative estimate of drug-likeness (QED) is 0.823. The zero-order valence-electron chi connectivity index (χ0n) is 11.5. The number of amides is 1. The van der Waals surface area contributed by atoms with Crippen LogP contribution in [0, 0.1) is 11.3 Å². The van der Waals surface area contributed by atoms with Crippen LogP contribution in [0.25, 0.3) is 0 Å². The van der Waals surface area contributed by atoms with Gasteiger partial charge in [-0.3, -0.25) is 4.90 Å². The highest BCUT2D eigenvalue weighted by molar-refractivity contribution is 9.10. The minimum Gasteiger partial charge on any atom is -0.443 e. The highest BCUT2D eigenvalue weighted by Gasteiger charge is 2.22. The summed E-state index contributed by atoms with van der Waals surface area (Å²) < 4.78 is 6.01. The zero-order chi connectivity index (χ0) is 14.6. The van der Waals surface area contributed by atoms with Crippen molar-refractivity contribution >= 4 is 27.7 Å². The van der Waals surface area contributed by atoms with Gasteiger partial charge in [0.2, 0.25) is 0 Å². The van der Waals surface area contributed by atoms with Crippen LogP contribution in [0.2, 0.25) is 0 Å². The van der Waals surface area contributed by atoms with Crippen LogP contribution in [-0.2, 0) is 4.74 Å². The SMILES string of the molecule is CCN(C(=O)OC(C)(C)C)c1ccc(C#N)c(Br)c1. The molecule has 19 heavy (non-hydrogen) atoms. The summed E-state index contributed by atoms with van der Waals surface area (Å²) in [5, 5.41) is 8.88. The highest BCUT2D eigenvalue weighted by atomic mass is 79.9. The number of carbonyl (C=O) groups is 1. The van der Waals surface area contributed by atoms with E-state index in [1.165, 1.54) is 4.90 Å². The van der Waals surface area contributed by atoms with Crippen molar-refractivity contribution < 1.29 is 9.53 Å². The summed E-state index contributed by atoms with van der Waals surface area (Å²) >= 11 is 3.31. The first kappa shape index (κ1) is 15.5. The summed E-state index contributed by atoms with van der Waals surface area (Å²) in [6.07, 6.45) is -0.397. The number of nitrogens with zero attached hydrogens (tertiary/aromatic N) is 2. The van der Waals surface area contributed by atoms with Gasteiger partial charge < -0.3 is 4.74 Å². The summed E-state index contributed by atoms with van der Waals surface area (Å²) in [6, 6.07) is 7.21. The second-order valence-corrected chi connectivity index (χ2v) is 5.85. The van der Waals surface area contributed by atoms with Crippen LogP contribution in [-0.4, -0.2) is 18.2 Å². The van der Waals surface area contributed by atoms with Gasteiger partial charge in [0.25, 0.3) is 0 Å². The molecular weight excluding hydrogens is 308 g/mol. The molecular formula is C14H17BrN2O2. The van der Waals surface area contributed by atoms with Gasteiger partial charge in [-0.2, -0.15) is 5.26 Å². The maximum Gasteiger partial charge on any atom is 0.414 e. The summed E-state index contributed by atoms with van der Waals surface area (Å²) in [4.78, 5) is 13.6. The number of nitriles is 1. The maximum absolute atomic E-state index is 12.1. The van der Waals surface area contributed by atoms with E-state index in [0.717, 1.165) is 0 Å². The Labute approximate surface area is 122 Å². The Hall–Kier alpha value is -1.54. The number of halogens is 1. The van der Waals surface area contributed by atoms with E-state index in [1.54, 1.807) is 18.2 Å². The Morgan fingerprint density at radius 1 is 1.47 bits per heavy atom. The summed E-state index contributed by atoms with van der Waals surface area (Å²) in [5.74, 6) is 0. The van der Waals surface area contributed by atoms with Gasteiger partial charge in [0.1, 0.15) is 11.7 Å². The third kappa shape index (κ3) is 4.25. The van der Waals surface area contributed by atoms with E-state index in [9.17, 15) is 4.79 Å². The Morgan fingerprint density at radius 2 is 2.11 bits per heavy atom. The minimum atomic E-state index is -0.533. The Morgan fingerprint density at radius 3 is 2.53 bits per heavy atom. The summed E-state index contributed by atoms with van der Waals surface area (Å²) in [7, 11) is 0. The van der Waals surface area contributed by atoms with E-state index in [2.05, 4.69) is 22.0 Å². The van der Waals surface area contributed by atoms with Gasteiger partial charge in [0.05, 0.1) is 5.56 Å². The van der Waals surface area contributed by atoms with E-state index in [-0.39, 0.29) is 0 Å². The average Bonchev–Trinajstić information content (AvgIpc) is 2.27. The maximum atomic E-state index is 12.1. The molecule has 0 N–H and O–H groups in total. The van der Waals surface area contributed by atoms with E-state index in [4.69, 9.17) is 10.00 Å². The van der Waals surface area contributed by atoms with Crippen molar-refractivity contribution in [2.45, 2.75) is 33.3 Å². The molecule has 1 rings (SSSR count). The van der Waals surface area contributed by atoms with E-state index in [0.29, 0.717) is 22.3 Å². The lowest BCUT2D eigenvalue weighted by atomic mass is 10.2. The van der Waals surface area contributed by atoms with Crippen molar-refractivity contribution in [3.05, 3.63) is 28.2 Å². The molecule has 4 nitrogen and oxygen atoms in total. The molecule has 1 amide bonds. The van der Waals surface area contributed by atoms with Crippen LogP contribution < -0.4 is 4.90 Å². The molecule has 5 heteroatoms. The molecule has 1 aromatic rings. The predicted octanol–water partition coefficient (Wildman–Crippen LogP) is 4.08. The first-order chi connectivity index (χ1) is 8.78. The molecule has 0 aromatic heterocycles. The molecule has 0 bridgehead atoms. The van der Waals surface area contributed by atoms with Gasteiger partial charge in [-0.05, 0) is 61.8 Å². The van der Waals surface area contributed by atoms with E-state index >= 15 is 0 Å². The lowest BCUT2D eigenvalue weighted by Crippen LogP contribution is -2.36. The molecule has 0 aliphatic rings. The highest BCUT2D eigenvalue weighted by Crippen LogP contribution is 2.25. The number of rotatable bonds is 2. The first-order valence-corrected chi connectivity index (χ1v) is 6.78. The minimum absolute atomic E-state index is 0.397. The molecule has 0 aliphatic carbocycles. The van der Waals surface area contributed by atoms with Crippen molar-refractivity contribution in [2.75, 3.05) is 11.4 Å². The molecule has 0 atom stereocenters. The predicted molar refractivity (Wildman–Crippen MR) is 78.1 cm³/mol. The van der Waals surface area contributed by atoms with Crippen molar-refractivity contribution in [3.8, 4) is 6.07 Å². The van der Waals surface area contributed by atoms with Crippen molar-refractivity contribution in [3.63, 3.8) is 0 Å². The second kappa shape index (κ2) is 6.07. The number of hydrogen-bond donors (Lipinski definition) is 0. The molecule has 0 spiro atoms. The van der Waals surface area contributed by atoms with Crippen molar-refractivity contribution in [1.29, 1.82) is 5.26 Å². The number of benzene rings is 1. The smallest absolute Gasteiger partial charge is 0.414 e. The molecule has 1 aromatic carbocycles. The molecule has 0 fully saturated rings. The molecule has 102 valence electrons. The van der Waals surface area contributed by atoms with Gasteiger partial charge in [-0.1, -0.05) is 0 Å². The Balaban J connectivity index is 3.01. The molecule has 0 saturated heterocycles. The lowest BCUT2D eigenvalue weighted by Gasteiger charge is -2.26. The second-order valence-electron chi connectivity index (χ2n) is 5.00. The van der Waals surface area contributed by atoms with Crippen LogP contribution in [0.3, 0.4) is 0 Å². The van der Waals surface area contributed by atoms with E-state index in [1.807, 2.05) is 27.7 Å². The first-order valence-electron chi connectivity index (χ1n) is 5.98. The lowest BCUT2D eigenvalue weighted by molar-refractivity contribution is 0.0582. The van der Waals surface area contributed by atoms with E-state index < -0.39 is 11.7 Å². The van der Waals surface area contributed by atoms with Crippen LogP contribution in [0.5, 0.6) is 0 Å². The third-order valence-electron chi connectivity index (χ3n) is 2.31. The largest absolute Gasteiger partial charge is 0.443 e. The summed E-state index contributed by atoms with van der Waals surface area (Å²) in [6.45, 7) is 7.84. The van der Waals surface area contributed by atoms with Crippen LogP contribution in [0.1, 0.15) is 33.3 Å². The number of anilines is 1. The van der Waals surface area contributed by atoms with Gasteiger partial charge in [0.15, 0.2) is 0 Å². The Bertz CT molecular complexity index is 515. The van der Waals surface area contributed by atoms with Gasteiger partial charge in [0, 0.05) is 16.7 Å². The van der Waals surface area contributed by atoms with Crippen LogP contribution >= 0.6 is 15.9 Å². The Kier molecular flexibility index (Phi) is 4.96. The molecule has 0 aliphatic heterocycles. The monoisotopic (exact) mass is 324 g/mol. The van der Waals surface area contributed by atoms with Crippen LogP contribution in [0.15, 0.2) is 22.7 Å². The normalized spacial score (nSPS) is 10.7. The summed E-state index contributed by atoms with van der Waals surface area (Å²) in [5.41, 5.74) is 0.695. The average molecular weight is 325 g/mol. The fourth-order valence-electron chi connectivity index (χ4n) is 1.50. The molecule has 0 heterocycles. The van der Waals surface area contributed by atoms with Gasteiger partial charge in [-0.15, -0.1) is 0 Å². The number of hydrogen-bond acceptors (Lipinski definition) is 3. The third-order valence-corrected chi connectivity index (χ3v) is 2.97. The number of ether oxygens (including phenoxy) is 1. The van der Waals surface area contributed by atoms with Gasteiger partial charge >= 0.3 is 6.09 Å². The fraction of sp³-hybridized carbons (Fsp3) is 0.429. The molecule has 0 saturated carbocycles. The molecule has 0 unspecified atom stereocenters. The fourth-order valence-corrected chi connectivity index (χ4v) is 1.95. The topological polar surface area (TPSA) is 53.3 Å².